The number of allylic oxidation sites excluding steroid dienone is 1. The first-order valence-corrected chi connectivity index (χ1v) is 14.9. The molecule has 0 radical (unpaired) electrons. The van der Waals surface area contributed by atoms with E-state index in [0.29, 0.717) is 11.4 Å². The Morgan fingerprint density at radius 1 is 1.28 bits per heavy atom. The number of fused-ring (bicyclic) bond motifs is 1. The van der Waals surface area contributed by atoms with Gasteiger partial charge in [-0.2, -0.15) is 4.98 Å². The van der Waals surface area contributed by atoms with Crippen LogP contribution in [-0.4, -0.2) is 63.8 Å². The van der Waals surface area contributed by atoms with E-state index in [4.69, 9.17) is 31.5 Å². The molecule has 2 heterocycles. The number of hydrogen-bond acceptors (Lipinski definition) is 11. The van der Waals surface area contributed by atoms with Crippen molar-refractivity contribution in [3.63, 3.8) is 0 Å². The molecule has 43 heavy (non-hydrogen) atoms. The van der Waals surface area contributed by atoms with Gasteiger partial charge in [-0.1, -0.05) is 30.7 Å². The second-order valence-corrected chi connectivity index (χ2v) is 11.5. The van der Waals surface area contributed by atoms with Crippen molar-refractivity contribution in [3.8, 4) is 17.2 Å². The Bertz CT molecular complexity index is 1640. The number of halogens is 1. The Morgan fingerprint density at radius 2 is 1.98 bits per heavy atom. The fraction of sp³-hybridized carbons (Fsp3) is 0.345. The van der Waals surface area contributed by atoms with Gasteiger partial charge in [0.1, 0.15) is 27.9 Å². The number of carbonyl (C=O) groups is 3. The van der Waals surface area contributed by atoms with Crippen molar-refractivity contribution >= 4 is 46.8 Å². The van der Waals surface area contributed by atoms with E-state index >= 15 is 0 Å². The molecule has 1 aromatic heterocycles. The van der Waals surface area contributed by atoms with Gasteiger partial charge in [0.2, 0.25) is 23.2 Å². The summed E-state index contributed by atoms with van der Waals surface area (Å²) in [5.74, 6) is -2.99. The molecule has 3 aromatic rings. The Labute approximate surface area is 256 Å². The van der Waals surface area contributed by atoms with Gasteiger partial charge in [0, 0.05) is 41.2 Å². The van der Waals surface area contributed by atoms with Gasteiger partial charge < -0.3 is 30.4 Å². The van der Waals surface area contributed by atoms with Crippen LogP contribution in [0, 0.1) is 5.92 Å². The zero-order valence-corrected chi connectivity index (χ0v) is 25.4. The fourth-order valence-electron chi connectivity index (χ4n) is 5.59. The first-order chi connectivity index (χ1) is 20.5. The van der Waals surface area contributed by atoms with E-state index in [0.717, 1.165) is 4.90 Å². The smallest absolute Gasteiger partial charge is 0.239 e. The predicted molar refractivity (Wildman–Crippen MR) is 159 cm³/mol. The number of rotatable bonds is 9. The number of anilines is 1. The number of aromatic amines is 1. The number of aromatic nitrogens is 3. The van der Waals surface area contributed by atoms with Crippen LogP contribution in [0.3, 0.4) is 0 Å². The van der Waals surface area contributed by atoms with E-state index in [1.54, 1.807) is 19.1 Å². The summed E-state index contributed by atoms with van der Waals surface area (Å²) in [5.41, 5.74) is 4.12. The molecule has 2 aromatic carbocycles. The quantitative estimate of drug-likeness (QED) is 0.252. The van der Waals surface area contributed by atoms with Crippen LogP contribution >= 0.6 is 23.4 Å². The third-order valence-electron chi connectivity index (χ3n) is 7.77. The number of methoxy groups -OCH3 is 2. The summed E-state index contributed by atoms with van der Waals surface area (Å²) in [7, 11) is 2.79. The SMILES string of the molecule is COc1cc(OC)c2c(c1Cl)OC1(C2=O)C(O)=C(C(CC(=O)NCc2nc(N)n[nH]2)c2ccc(SC)cc2)C(=O)CC1C. The number of aliphatic hydroxyl groups excluding tert-OH is 1. The van der Waals surface area contributed by atoms with E-state index < -0.39 is 40.7 Å². The average molecular weight is 628 g/mol. The summed E-state index contributed by atoms with van der Waals surface area (Å²) < 4.78 is 17.1. The number of nitrogens with zero attached hydrogens (tertiary/aromatic N) is 2. The third kappa shape index (κ3) is 5.16. The summed E-state index contributed by atoms with van der Waals surface area (Å²) in [6, 6.07) is 8.75. The fourth-order valence-corrected chi connectivity index (χ4v) is 6.26. The van der Waals surface area contributed by atoms with Crippen molar-refractivity contribution in [3.05, 3.63) is 63.6 Å². The maximum absolute atomic E-state index is 14.2. The number of ketones is 2. The summed E-state index contributed by atoms with van der Waals surface area (Å²) in [5, 5.41) is 21.1. The summed E-state index contributed by atoms with van der Waals surface area (Å²) in [6.45, 7) is 1.66. The Hall–Kier alpha value is -4.23. The molecule has 12 nitrogen and oxygen atoms in total. The predicted octanol–water partition coefficient (Wildman–Crippen LogP) is 4.00. The average Bonchev–Trinajstić information content (AvgIpc) is 3.56. The minimum absolute atomic E-state index is 0.0121. The van der Waals surface area contributed by atoms with Crippen molar-refractivity contribution in [2.24, 2.45) is 5.92 Å². The number of hydrogen-bond donors (Lipinski definition) is 4. The van der Waals surface area contributed by atoms with Gasteiger partial charge in [0.15, 0.2) is 17.3 Å². The highest BCUT2D eigenvalue weighted by Crippen LogP contribution is 2.55. The largest absolute Gasteiger partial charge is 0.507 e. The third-order valence-corrected chi connectivity index (χ3v) is 8.87. The summed E-state index contributed by atoms with van der Waals surface area (Å²) in [6.07, 6.45) is 1.57. The molecule has 1 aliphatic heterocycles. The van der Waals surface area contributed by atoms with Crippen molar-refractivity contribution in [2.75, 3.05) is 26.2 Å². The molecule has 2 aliphatic rings. The van der Waals surface area contributed by atoms with Crippen molar-refractivity contribution < 1.29 is 33.7 Å². The monoisotopic (exact) mass is 627 g/mol. The normalized spacial score (nSPS) is 20.2. The van der Waals surface area contributed by atoms with Crippen LogP contribution in [0.2, 0.25) is 5.02 Å². The molecule has 5 N–H and O–H groups in total. The van der Waals surface area contributed by atoms with Gasteiger partial charge in [-0.05, 0) is 24.0 Å². The minimum atomic E-state index is -1.97. The van der Waals surface area contributed by atoms with Crippen molar-refractivity contribution in [2.45, 2.75) is 42.7 Å². The number of amides is 1. The zero-order valence-electron chi connectivity index (χ0n) is 23.8. The van der Waals surface area contributed by atoms with E-state index in [1.165, 1.54) is 32.0 Å². The second-order valence-electron chi connectivity index (χ2n) is 10.2. The van der Waals surface area contributed by atoms with E-state index in [2.05, 4.69) is 20.5 Å². The number of nitrogens with one attached hydrogen (secondary N) is 2. The van der Waals surface area contributed by atoms with E-state index in [-0.39, 0.29) is 58.7 Å². The lowest BCUT2D eigenvalue weighted by Crippen LogP contribution is -2.53. The van der Waals surface area contributed by atoms with Crippen LogP contribution < -0.4 is 25.3 Å². The zero-order chi connectivity index (χ0) is 31.1. The molecule has 0 bridgehead atoms. The molecule has 1 amide bonds. The van der Waals surface area contributed by atoms with Crippen LogP contribution in [0.4, 0.5) is 5.95 Å². The van der Waals surface area contributed by atoms with Crippen molar-refractivity contribution in [1.29, 1.82) is 0 Å². The lowest BCUT2D eigenvalue weighted by Gasteiger charge is -2.38. The van der Waals surface area contributed by atoms with Crippen LogP contribution in [0.15, 0.2) is 46.6 Å². The first kappa shape index (κ1) is 30.2. The number of thioether (sulfide) groups is 1. The van der Waals surface area contributed by atoms with Crippen LogP contribution in [0.25, 0.3) is 0 Å². The number of nitrogen functional groups attached to an aromatic ring is 1. The maximum Gasteiger partial charge on any atom is 0.239 e. The molecule has 3 unspecified atom stereocenters. The number of Topliss-reactive ketones (excluding diaryl/α,β-unsaturated/α-hetero) is 2. The summed E-state index contributed by atoms with van der Waals surface area (Å²) in [4.78, 5) is 46.1. The Morgan fingerprint density at radius 3 is 2.58 bits per heavy atom. The highest BCUT2D eigenvalue weighted by Gasteiger charge is 2.61. The highest BCUT2D eigenvalue weighted by atomic mass is 35.5. The molecule has 1 spiro atoms. The Kier molecular flexibility index (Phi) is 8.30. The maximum atomic E-state index is 14.2. The topological polar surface area (TPSA) is 179 Å². The van der Waals surface area contributed by atoms with E-state index in [1.807, 2.05) is 18.4 Å². The van der Waals surface area contributed by atoms with Gasteiger partial charge in [-0.15, -0.1) is 16.9 Å². The highest BCUT2D eigenvalue weighted by molar-refractivity contribution is 7.98. The van der Waals surface area contributed by atoms with Crippen molar-refractivity contribution in [1.82, 2.24) is 20.5 Å². The molecule has 1 aliphatic carbocycles. The van der Waals surface area contributed by atoms with Crippen LogP contribution in [-0.2, 0) is 16.1 Å². The molecule has 0 fully saturated rings. The standard InChI is InChI=1S/C29H30ClN5O7S/c1-13-9-17(36)22(26(38)29(13)27(39)23-18(40-2)11-19(41-3)24(30)25(23)42-29)16(14-5-7-15(43-4)8-6-14)10-21(37)32-12-20-33-28(31)35-34-20/h5-8,11,13,16,38H,9-10,12H2,1-4H3,(H,32,37)(H3,31,33,34,35). The van der Waals surface area contributed by atoms with Gasteiger partial charge >= 0.3 is 0 Å². The molecule has 14 heteroatoms. The lowest BCUT2D eigenvalue weighted by molar-refractivity contribution is -0.122. The lowest BCUT2D eigenvalue weighted by atomic mass is 9.69. The molecular weight excluding hydrogens is 598 g/mol. The molecular formula is C29H30ClN5O7S. The number of nitrogens with two attached hydrogens (primary N) is 1. The first-order valence-electron chi connectivity index (χ1n) is 13.3. The van der Waals surface area contributed by atoms with Gasteiger partial charge in [0.25, 0.3) is 0 Å². The second kappa shape index (κ2) is 11.8. The van der Waals surface area contributed by atoms with Crippen LogP contribution in [0.5, 0.6) is 17.2 Å². The number of aliphatic hydroxyl groups is 1. The summed E-state index contributed by atoms with van der Waals surface area (Å²) >= 11 is 8.09. The van der Waals surface area contributed by atoms with Gasteiger partial charge in [0.05, 0.1) is 20.8 Å². The molecule has 3 atom stereocenters. The minimum Gasteiger partial charge on any atom is -0.507 e. The van der Waals surface area contributed by atoms with E-state index in [9.17, 15) is 19.5 Å². The number of ether oxygens (including phenoxy) is 3. The number of benzene rings is 2. The number of carbonyl (C=O) groups excluding carboxylic acids is 3. The number of H-pyrrole nitrogens is 1. The van der Waals surface area contributed by atoms with Gasteiger partial charge in [-0.25, -0.2) is 0 Å². The Balaban J connectivity index is 1.60. The molecule has 0 saturated heterocycles. The molecule has 226 valence electrons. The molecule has 5 rings (SSSR count). The molecule has 0 saturated carbocycles. The van der Waals surface area contributed by atoms with Crippen LogP contribution in [0.1, 0.15) is 47.4 Å². The van der Waals surface area contributed by atoms with Gasteiger partial charge in [-0.3, -0.25) is 19.5 Å².